The second-order valence-corrected chi connectivity index (χ2v) is 6.62. The molecule has 0 fully saturated rings. The van der Waals surface area contributed by atoms with Gasteiger partial charge in [0, 0.05) is 30.1 Å². The summed E-state index contributed by atoms with van der Waals surface area (Å²) in [5.41, 5.74) is 3.20. The lowest BCUT2D eigenvalue weighted by Gasteiger charge is -2.08. The van der Waals surface area contributed by atoms with E-state index in [1.165, 1.54) is 12.3 Å². The molecule has 0 saturated carbocycles. The number of aryl methyl sites for hydroxylation is 1. The fourth-order valence-corrected chi connectivity index (χ4v) is 2.97. The molecule has 0 atom stereocenters. The standard InChI is InChI=1S/C22H19N3O4/c1-14-3-2-4-15(9-14)12-24-21(26)16-7-8-23-18(10-16)22(27)25-17-5-6-19-20(11-17)29-13-28-19/h2-11H,12-13H2,1H3,(H,24,26)(H,25,27). The Morgan fingerprint density at radius 1 is 1.00 bits per heavy atom. The van der Waals surface area contributed by atoms with Gasteiger partial charge in [-0.15, -0.1) is 0 Å². The summed E-state index contributed by atoms with van der Waals surface area (Å²) in [6.07, 6.45) is 1.44. The molecule has 1 aliphatic rings. The van der Waals surface area contributed by atoms with E-state index in [1.54, 1.807) is 24.3 Å². The molecule has 0 spiro atoms. The molecule has 0 unspecified atom stereocenters. The third-order valence-corrected chi connectivity index (χ3v) is 4.42. The van der Waals surface area contributed by atoms with Gasteiger partial charge in [0.25, 0.3) is 11.8 Å². The zero-order chi connectivity index (χ0) is 20.2. The van der Waals surface area contributed by atoms with Crippen LogP contribution in [0.15, 0.2) is 60.8 Å². The van der Waals surface area contributed by atoms with E-state index in [4.69, 9.17) is 9.47 Å². The fourth-order valence-electron chi connectivity index (χ4n) is 2.97. The van der Waals surface area contributed by atoms with Gasteiger partial charge in [-0.2, -0.15) is 0 Å². The minimum absolute atomic E-state index is 0.144. The van der Waals surface area contributed by atoms with Crippen molar-refractivity contribution in [3.63, 3.8) is 0 Å². The fraction of sp³-hybridized carbons (Fsp3) is 0.136. The number of aromatic nitrogens is 1. The molecule has 2 N–H and O–H groups in total. The Morgan fingerprint density at radius 2 is 1.86 bits per heavy atom. The number of carbonyl (C=O) groups is 2. The maximum atomic E-state index is 12.5. The predicted molar refractivity (Wildman–Crippen MR) is 107 cm³/mol. The van der Waals surface area contributed by atoms with Crippen molar-refractivity contribution in [3.8, 4) is 11.5 Å². The number of amides is 2. The van der Waals surface area contributed by atoms with Crippen molar-refractivity contribution in [3.05, 3.63) is 83.2 Å². The molecule has 0 radical (unpaired) electrons. The zero-order valence-corrected chi connectivity index (χ0v) is 15.8. The van der Waals surface area contributed by atoms with Gasteiger partial charge in [-0.05, 0) is 36.8 Å². The summed E-state index contributed by atoms with van der Waals surface area (Å²) in [4.78, 5) is 29.1. The Morgan fingerprint density at radius 3 is 2.72 bits per heavy atom. The van der Waals surface area contributed by atoms with Crippen LogP contribution in [0.2, 0.25) is 0 Å². The summed E-state index contributed by atoms with van der Waals surface area (Å²) in [7, 11) is 0. The highest BCUT2D eigenvalue weighted by atomic mass is 16.7. The Kier molecular flexibility index (Phi) is 5.11. The topological polar surface area (TPSA) is 89.6 Å². The number of rotatable bonds is 5. The molecule has 7 nitrogen and oxygen atoms in total. The van der Waals surface area contributed by atoms with Gasteiger partial charge in [0.2, 0.25) is 6.79 Å². The van der Waals surface area contributed by atoms with E-state index >= 15 is 0 Å². The lowest BCUT2D eigenvalue weighted by atomic mass is 10.1. The summed E-state index contributed by atoms with van der Waals surface area (Å²) < 4.78 is 10.6. The molecule has 7 heteroatoms. The molecule has 0 aliphatic carbocycles. The van der Waals surface area contributed by atoms with Gasteiger partial charge in [0.05, 0.1) is 0 Å². The number of carbonyl (C=O) groups excluding carboxylic acids is 2. The average molecular weight is 389 g/mol. The largest absolute Gasteiger partial charge is 0.454 e. The summed E-state index contributed by atoms with van der Waals surface area (Å²) in [6, 6.07) is 16.1. The van der Waals surface area contributed by atoms with Crippen molar-refractivity contribution >= 4 is 17.5 Å². The van der Waals surface area contributed by atoms with Crippen molar-refractivity contribution in [2.45, 2.75) is 13.5 Å². The number of pyridine rings is 1. The normalized spacial score (nSPS) is 11.8. The molecule has 29 heavy (non-hydrogen) atoms. The number of nitrogens with one attached hydrogen (secondary N) is 2. The quantitative estimate of drug-likeness (QED) is 0.699. The van der Waals surface area contributed by atoms with Gasteiger partial charge >= 0.3 is 0 Å². The van der Waals surface area contributed by atoms with Crippen LogP contribution in [-0.2, 0) is 6.54 Å². The molecule has 4 rings (SSSR count). The van der Waals surface area contributed by atoms with Gasteiger partial charge < -0.3 is 20.1 Å². The van der Waals surface area contributed by atoms with Gasteiger partial charge in [-0.1, -0.05) is 29.8 Å². The summed E-state index contributed by atoms with van der Waals surface area (Å²) in [6.45, 7) is 2.56. The third-order valence-electron chi connectivity index (χ3n) is 4.42. The van der Waals surface area contributed by atoms with E-state index in [0.717, 1.165) is 11.1 Å². The highest BCUT2D eigenvalue weighted by molar-refractivity contribution is 6.04. The van der Waals surface area contributed by atoms with Crippen LogP contribution in [0.5, 0.6) is 11.5 Å². The molecule has 0 bridgehead atoms. The number of benzene rings is 2. The summed E-state index contributed by atoms with van der Waals surface area (Å²) in [5, 5.41) is 5.61. The van der Waals surface area contributed by atoms with E-state index in [1.807, 2.05) is 31.2 Å². The number of hydrogen-bond acceptors (Lipinski definition) is 5. The molecule has 2 amide bonds. The van der Waals surface area contributed by atoms with Crippen LogP contribution in [0.25, 0.3) is 0 Å². The SMILES string of the molecule is Cc1cccc(CNC(=O)c2ccnc(C(=O)Nc3ccc4c(c3)OCO4)c2)c1. The lowest BCUT2D eigenvalue weighted by Crippen LogP contribution is -2.23. The minimum atomic E-state index is -0.419. The van der Waals surface area contributed by atoms with E-state index < -0.39 is 5.91 Å². The van der Waals surface area contributed by atoms with Crippen LogP contribution < -0.4 is 20.1 Å². The Bertz CT molecular complexity index is 1080. The first-order chi connectivity index (χ1) is 14.1. The Balaban J connectivity index is 1.42. The minimum Gasteiger partial charge on any atom is -0.454 e. The van der Waals surface area contributed by atoms with Crippen LogP contribution in [0.4, 0.5) is 5.69 Å². The first-order valence-corrected chi connectivity index (χ1v) is 9.09. The Labute approximate surface area is 167 Å². The molecule has 0 saturated heterocycles. The van der Waals surface area contributed by atoms with Crippen LogP contribution in [-0.4, -0.2) is 23.6 Å². The van der Waals surface area contributed by atoms with Crippen molar-refractivity contribution in [2.75, 3.05) is 12.1 Å². The van der Waals surface area contributed by atoms with Crippen molar-refractivity contribution in [1.29, 1.82) is 0 Å². The lowest BCUT2D eigenvalue weighted by molar-refractivity contribution is 0.0950. The maximum Gasteiger partial charge on any atom is 0.274 e. The zero-order valence-electron chi connectivity index (χ0n) is 15.8. The molecule has 1 aromatic heterocycles. The van der Waals surface area contributed by atoms with Gasteiger partial charge in [0.15, 0.2) is 11.5 Å². The van der Waals surface area contributed by atoms with E-state index in [2.05, 4.69) is 15.6 Å². The maximum absolute atomic E-state index is 12.5. The third kappa shape index (κ3) is 4.35. The first kappa shape index (κ1) is 18.5. The van der Waals surface area contributed by atoms with Gasteiger partial charge in [-0.3, -0.25) is 14.6 Å². The van der Waals surface area contributed by atoms with Crippen LogP contribution in [0.3, 0.4) is 0 Å². The molecule has 1 aliphatic heterocycles. The second kappa shape index (κ2) is 8.02. The van der Waals surface area contributed by atoms with Crippen molar-refractivity contribution in [1.82, 2.24) is 10.3 Å². The highest BCUT2D eigenvalue weighted by Crippen LogP contribution is 2.34. The molecule has 2 aromatic carbocycles. The predicted octanol–water partition coefficient (Wildman–Crippen LogP) is 3.30. The number of hydrogen-bond donors (Lipinski definition) is 2. The van der Waals surface area contributed by atoms with E-state index in [0.29, 0.717) is 29.3 Å². The second-order valence-electron chi connectivity index (χ2n) is 6.62. The van der Waals surface area contributed by atoms with Crippen LogP contribution in [0, 0.1) is 6.92 Å². The number of fused-ring (bicyclic) bond motifs is 1. The van der Waals surface area contributed by atoms with Crippen LogP contribution >= 0.6 is 0 Å². The first-order valence-electron chi connectivity index (χ1n) is 9.09. The van der Waals surface area contributed by atoms with E-state index in [-0.39, 0.29) is 18.4 Å². The molecular weight excluding hydrogens is 370 g/mol. The monoisotopic (exact) mass is 389 g/mol. The van der Waals surface area contributed by atoms with Crippen LogP contribution in [0.1, 0.15) is 32.0 Å². The molecule has 3 aromatic rings. The summed E-state index contributed by atoms with van der Waals surface area (Å²) in [5.74, 6) is 0.511. The van der Waals surface area contributed by atoms with Crippen molar-refractivity contribution < 1.29 is 19.1 Å². The Hall–Kier alpha value is -3.87. The average Bonchev–Trinajstić information content (AvgIpc) is 3.20. The summed E-state index contributed by atoms with van der Waals surface area (Å²) >= 11 is 0. The molecule has 2 heterocycles. The van der Waals surface area contributed by atoms with Crippen molar-refractivity contribution in [2.24, 2.45) is 0 Å². The van der Waals surface area contributed by atoms with E-state index in [9.17, 15) is 9.59 Å². The van der Waals surface area contributed by atoms with Gasteiger partial charge in [-0.25, -0.2) is 0 Å². The number of anilines is 1. The van der Waals surface area contributed by atoms with Gasteiger partial charge in [0.1, 0.15) is 5.69 Å². The number of ether oxygens (including phenoxy) is 2. The molecular formula is C22H19N3O4. The molecule has 146 valence electrons. The number of nitrogens with zero attached hydrogens (tertiary/aromatic N) is 1. The smallest absolute Gasteiger partial charge is 0.274 e. The highest BCUT2D eigenvalue weighted by Gasteiger charge is 2.16.